The summed E-state index contributed by atoms with van der Waals surface area (Å²) in [6, 6.07) is 6.28. The Bertz CT molecular complexity index is 514. The Morgan fingerprint density at radius 1 is 1.35 bits per heavy atom. The number of hydrogen-bond donors (Lipinski definition) is 1. The fraction of sp³-hybridized carbons (Fsp3) is 0.462. The molecule has 2 heterocycles. The summed E-state index contributed by atoms with van der Waals surface area (Å²) in [6.07, 6.45) is 0.845. The van der Waals surface area contributed by atoms with Gasteiger partial charge in [-0.3, -0.25) is 0 Å². The van der Waals surface area contributed by atoms with Gasteiger partial charge in [-0.15, -0.1) is 0 Å². The molecule has 0 unspecified atom stereocenters. The standard InChI is InChI=1S/C13H17N3O/c1-2-13-15-11-9-10(3-4-12(11)17-13)16-7-5-14-6-8-16/h3-4,9,14H,2,5-8H2,1H3. The second kappa shape index (κ2) is 4.37. The fourth-order valence-corrected chi connectivity index (χ4v) is 2.23. The summed E-state index contributed by atoms with van der Waals surface area (Å²) in [5.41, 5.74) is 3.11. The van der Waals surface area contributed by atoms with Crippen molar-refractivity contribution in [3.63, 3.8) is 0 Å². The van der Waals surface area contributed by atoms with E-state index in [4.69, 9.17) is 4.42 Å². The highest BCUT2D eigenvalue weighted by atomic mass is 16.3. The Morgan fingerprint density at radius 3 is 2.94 bits per heavy atom. The van der Waals surface area contributed by atoms with Crippen molar-refractivity contribution in [3.8, 4) is 0 Å². The zero-order valence-electron chi connectivity index (χ0n) is 10.1. The molecule has 1 aliphatic heterocycles. The molecular weight excluding hydrogens is 214 g/mol. The minimum absolute atomic E-state index is 0.817. The van der Waals surface area contributed by atoms with Crippen molar-refractivity contribution >= 4 is 16.8 Å². The van der Waals surface area contributed by atoms with Crippen LogP contribution in [0.4, 0.5) is 5.69 Å². The molecule has 2 aromatic rings. The summed E-state index contributed by atoms with van der Waals surface area (Å²) >= 11 is 0. The maximum atomic E-state index is 5.62. The lowest BCUT2D eigenvalue weighted by Gasteiger charge is -2.29. The third-order valence-corrected chi connectivity index (χ3v) is 3.20. The molecule has 4 nitrogen and oxygen atoms in total. The minimum atomic E-state index is 0.817. The van der Waals surface area contributed by atoms with Gasteiger partial charge in [0.05, 0.1) is 0 Å². The largest absolute Gasteiger partial charge is 0.441 e. The zero-order valence-corrected chi connectivity index (χ0v) is 10.1. The lowest BCUT2D eigenvalue weighted by molar-refractivity contribution is 0.538. The number of benzene rings is 1. The van der Waals surface area contributed by atoms with Gasteiger partial charge < -0.3 is 14.6 Å². The molecule has 1 aliphatic rings. The first-order chi connectivity index (χ1) is 8.36. The van der Waals surface area contributed by atoms with E-state index in [-0.39, 0.29) is 0 Å². The first kappa shape index (κ1) is 10.6. The quantitative estimate of drug-likeness (QED) is 0.855. The molecule has 1 fully saturated rings. The smallest absolute Gasteiger partial charge is 0.195 e. The highest BCUT2D eigenvalue weighted by molar-refractivity contribution is 5.77. The Morgan fingerprint density at radius 2 is 2.18 bits per heavy atom. The van der Waals surface area contributed by atoms with E-state index < -0.39 is 0 Å². The third kappa shape index (κ3) is 2.00. The van der Waals surface area contributed by atoms with E-state index in [9.17, 15) is 0 Å². The second-order valence-corrected chi connectivity index (χ2v) is 4.35. The fourth-order valence-electron chi connectivity index (χ4n) is 2.23. The summed E-state index contributed by atoms with van der Waals surface area (Å²) in [7, 11) is 0. The van der Waals surface area contributed by atoms with Crippen molar-refractivity contribution in [1.82, 2.24) is 10.3 Å². The van der Waals surface area contributed by atoms with E-state index in [1.54, 1.807) is 0 Å². The number of aromatic nitrogens is 1. The van der Waals surface area contributed by atoms with Gasteiger partial charge in [0.15, 0.2) is 11.5 Å². The van der Waals surface area contributed by atoms with Crippen LogP contribution in [0.2, 0.25) is 0 Å². The van der Waals surface area contributed by atoms with Gasteiger partial charge in [0.25, 0.3) is 0 Å². The zero-order chi connectivity index (χ0) is 11.7. The molecule has 0 radical (unpaired) electrons. The van der Waals surface area contributed by atoms with E-state index >= 15 is 0 Å². The van der Waals surface area contributed by atoms with Gasteiger partial charge in [-0.05, 0) is 18.2 Å². The Kier molecular flexibility index (Phi) is 2.73. The molecule has 3 rings (SSSR count). The van der Waals surface area contributed by atoms with Gasteiger partial charge >= 0.3 is 0 Å². The number of anilines is 1. The summed E-state index contributed by atoms with van der Waals surface area (Å²) in [6.45, 7) is 6.28. The van der Waals surface area contributed by atoms with Gasteiger partial charge in [-0.25, -0.2) is 4.98 Å². The third-order valence-electron chi connectivity index (χ3n) is 3.20. The van der Waals surface area contributed by atoms with Crippen LogP contribution in [0.3, 0.4) is 0 Å². The molecule has 1 N–H and O–H groups in total. The van der Waals surface area contributed by atoms with Gasteiger partial charge in [0.2, 0.25) is 0 Å². The number of oxazole rings is 1. The number of nitrogens with one attached hydrogen (secondary N) is 1. The van der Waals surface area contributed by atoms with Crippen LogP contribution in [0.1, 0.15) is 12.8 Å². The number of aryl methyl sites for hydroxylation is 1. The van der Waals surface area contributed by atoms with Crippen LogP contribution in [0.15, 0.2) is 22.6 Å². The van der Waals surface area contributed by atoms with Gasteiger partial charge in [0, 0.05) is 38.3 Å². The summed E-state index contributed by atoms with van der Waals surface area (Å²) < 4.78 is 5.62. The Balaban J connectivity index is 1.94. The molecule has 90 valence electrons. The molecule has 1 saturated heterocycles. The predicted molar refractivity (Wildman–Crippen MR) is 68.5 cm³/mol. The molecule has 1 aromatic carbocycles. The average molecular weight is 231 g/mol. The highest BCUT2D eigenvalue weighted by Gasteiger charge is 2.12. The summed E-state index contributed by atoms with van der Waals surface area (Å²) in [4.78, 5) is 6.86. The number of rotatable bonds is 2. The first-order valence-electron chi connectivity index (χ1n) is 6.22. The van der Waals surface area contributed by atoms with Crippen LogP contribution < -0.4 is 10.2 Å². The van der Waals surface area contributed by atoms with E-state index in [0.29, 0.717) is 0 Å². The van der Waals surface area contributed by atoms with E-state index in [2.05, 4.69) is 34.3 Å². The molecule has 17 heavy (non-hydrogen) atoms. The average Bonchev–Trinajstić information content (AvgIpc) is 2.81. The van der Waals surface area contributed by atoms with Gasteiger partial charge in [0.1, 0.15) is 5.52 Å². The van der Waals surface area contributed by atoms with Gasteiger partial charge in [-0.1, -0.05) is 6.92 Å². The summed E-state index contributed by atoms with van der Waals surface area (Å²) in [5, 5.41) is 3.36. The molecule has 1 aromatic heterocycles. The van der Waals surface area contributed by atoms with E-state index in [1.807, 2.05) is 6.07 Å². The number of piperazine rings is 1. The van der Waals surface area contributed by atoms with Crippen LogP contribution in [0, 0.1) is 0 Å². The van der Waals surface area contributed by atoms with Crippen molar-refractivity contribution in [3.05, 3.63) is 24.1 Å². The lowest BCUT2D eigenvalue weighted by Crippen LogP contribution is -2.43. The van der Waals surface area contributed by atoms with Crippen molar-refractivity contribution < 1.29 is 4.42 Å². The predicted octanol–water partition coefficient (Wildman–Crippen LogP) is 1.80. The molecule has 4 heteroatoms. The van der Waals surface area contributed by atoms with E-state index in [1.165, 1.54) is 5.69 Å². The summed E-state index contributed by atoms with van der Waals surface area (Å²) in [5.74, 6) is 0.817. The monoisotopic (exact) mass is 231 g/mol. The van der Waals surface area contributed by atoms with Gasteiger partial charge in [-0.2, -0.15) is 0 Å². The maximum absolute atomic E-state index is 5.62. The molecule has 0 atom stereocenters. The topological polar surface area (TPSA) is 41.3 Å². The molecule has 0 aliphatic carbocycles. The molecule has 0 saturated carbocycles. The van der Waals surface area contributed by atoms with E-state index in [0.717, 1.165) is 49.6 Å². The van der Waals surface area contributed by atoms with Crippen LogP contribution in [0.5, 0.6) is 0 Å². The molecular formula is C13H17N3O. The second-order valence-electron chi connectivity index (χ2n) is 4.35. The van der Waals surface area contributed by atoms with Crippen molar-refractivity contribution in [2.24, 2.45) is 0 Å². The molecule has 0 bridgehead atoms. The van der Waals surface area contributed by atoms with Crippen molar-refractivity contribution in [2.45, 2.75) is 13.3 Å². The van der Waals surface area contributed by atoms with Crippen LogP contribution in [0.25, 0.3) is 11.1 Å². The maximum Gasteiger partial charge on any atom is 0.195 e. The van der Waals surface area contributed by atoms with Crippen LogP contribution in [-0.4, -0.2) is 31.2 Å². The Labute approximate surface area is 101 Å². The Hall–Kier alpha value is -1.55. The minimum Gasteiger partial charge on any atom is -0.441 e. The first-order valence-corrected chi connectivity index (χ1v) is 6.22. The van der Waals surface area contributed by atoms with Crippen molar-refractivity contribution in [2.75, 3.05) is 31.1 Å². The van der Waals surface area contributed by atoms with Crippen LogP contribution in [-0.2, 0) is 6.42 Å². The normalized spacial score (nSPS) is 16.6. The SMILES string of the molecule is CCc1nc2cc(N3CCNCC3)ccc2o1. The molecule has 0 spiro atoms. The number of nitrogens with zero attached hydrogens (tertiary/aromatic N) is 2. The molecule has 0 amide bonds. The van der Waals surface area contributed by atoms with Crippen LogP contribution >= 0.6 is 0 Å². The number of fused-ring (bicyclic) bond motifs is 1. The lowest BCUT2D eigenvalue weighted by atomic mass is 10.2. The van der Waals surface area contributed by atoms with Crippen molar-refractivity contribution in [1.29, 1.82) is 0 Å². The number of hydrogen-bond acceptors (Lipinski definition) is 4. The highest BCUT2D eigenvalue weighted by Crippen LogP contribution is 2.23.